The molecule has 0 radical (unpaired) electrons. The van der Waals surface area contributed by atoms with Crippen LogP contribution in [0.1, 0.15) is 6.42 Å². The number of esters is 1. The molecular weight excluding hydrogens is 170 g/mol. The number of nitrogens with zero attached hydrogens (tertiary/aromatic N) is 2. The first kappa shape index (κ1) is 7.97. The van der Waals surface area contributed by atoms with Crippen molar-refractivity contribution in [2.75, 3.05) is 11.9 Å². The monoisotopic (exact) mass is 179 g/mol. The summed E-state index contributed by atoms with van der Waals surface area (Å²) in [4.78, 5) is 18.9. The van der Waals surface area contributed by atoms with Crippen LogP contribution in [0.4, 0.5) is 5.82 Å². The molecule has 1 N–H and O–H groups in total. The Hall–Kier alpha value is -1.65. The third-order valence-electron chi connectivity index (χ3n) is 1.82. The van der Waals surface area contributed by atoms with Crippen molar-refractivity contribution in [3.63, 3.8) is 0 Å². The van der Waals surface area contributed by atoms with E-state index in [-0.39, 0.29) is 12.0 Å². The zero-order chi connectivity index (χ0) is 9.10. The Morgan fingerprint density at radius 2 is 2.46 bits per heavy atom. The Balaban J connectivity index is 2.02. The molecule has 0 bridgehead atoms. The summed E-state index contributed by atoms with van der Waals surface area (Å²) in [5, 5.41) is 2.94. The van der Waals surface area contributed by atoms with Crippen LogP contribution in [0, 0.1) is 0 Å². The van der Waals surface area contributed by atoms with Crippen LogP contribution in [0.2, 0.25) is 0 Å². The van der Waals surface area contributed by atoms with E-state index in [2.05, 4.69) is 15.3 Å². The molecule has 0 aliphatic carbocycles. The van der Waals surface area contributed by atoms with E-state index in [0.717, 1.165) is 0 Å². The fourth-order valence-corrected chi connectivity index (χ4v) is 1.18. The number of carbonyl (C=O) groups excluding carboxylic acids is 1. The zero-order valence-corrected chi connectivity index (χ0v) is 6.93. The van der Waals surface area contributed by atoms with E-state index in [4.69, 9.17) is 4.74 Å². The molecule has 1 aromatic heterocycles. The number of carbonyl (C=O) groups is 1. The van der Waals surface area contributed by atoms with Crippen molar-refractivity contribution >= 4 is 11.8 Å². The molecule has 5 nitrogen and oxygen atoms in total. The van der Waals surface area contributed by atoms with Gasteiger partial charge in [0.2, 0.25) is 0 Å². The summed E-state index contributed by atoms with van der Waals surface area (Å²) in [6.45, 7) is 0.483. The Labute approximate surface area is 75.1 Å². The lowest BCUT2D eigenvalue weighted by Crippen LogP contribution is -2.24. The highest BCUT2D eigenvalue weighted by molar-refractivity contribution is 5.80. The number of aromatic nitrogens is 2. The number of rotatable bonds is 2. The summed E-state index contributed by atoms with van der Waals surface area (Å²) in [6, 6.07) is -0.267. The van der Waals surface area contributed by atoms with E-state index >= 15 is 0 Å². The largest absolute Gasteiger partial charge is 0.464 e. The van der Waals surface area contributed by atoms with Crippen molar-refractivity contribution in [1.29, 1.82) is 0 Å². The molecule has 0 amide bonds. The maximum Gasteiger partial charge on any atom is 0.328 e. The lowest BCUT2D eigenvalue weighted by atomic mass is 10.2. The standard InChI is InChI=1S/C8H9N3O2/c12-8-6(1-4-13-8)11-7-5-9-2-3-10-7/h2-3,5-6H,1,4H2,(H,10,11). The minimum Gasteiger partial charge on any atom is -0.464 e. The van der Waals surface area contributed by atoms with Crippen LogP contribution >= 0.6 is 0 Å². The maximum atomic E-state index is 11.0. The third-order valence-corrected chi connectivity index (χ3v) is 1.82. The van der Waals surface area contributed by atoms with Crippen LogP contribution < -0.4 is 5.32 Å². The van der Waals surface area contributed by atoms with Crippen LogP contribution in [-0.4, -0.2) is 28.6 Å². The van der Waals surface area contributed by atoms with Gasteiger partial charge in [-0.1, -0.05) is 0 Å². The Bertz CT molecular complexity index is 302. The second-order valence-electron chi connectivity index (χ2n) is 2.74. The zero-order valence-electron chi connectivity index (χ0n) is 6.93. The molecule has 2 rings (SSSR count). The average Bonchev–Trinajstić information content (AvgIpc) is 2.54. The molecule has 0 spiro atoms. The van der Waals surface area contributed by atoms with Crippen LogP contribution in [0.5, 0.6) is 0 Å². The first-order valence-corrected chi connectivity index (χ1v) is 4.05. The van der Waals surface area contributed by atoms with Gasteiger partial charge in [-0.05, 0) is 0 Å². The highest BCUT2D eigenvalue weighted by Gasteiger charge is 2.26. The van der Waals surface area contributed by atoms with Gasteiger partial charge in [-0.2, -0.15) is 0 Å². The van der Waals surface area contributed by atoms with Crippen LogP contribution in [0.3, 0.4) is 0 Å². The van der Waals surface area contributed by atoms with Gasteiger partial charge >= 0.3 is 5.97 Å². The van der Waals surface area contributed by atoms with Crippen molar-refractivity contribution in [2.45, 2.75) is 12.5 Å². The Morgan fingerprint density at radius 1 is 1.54 bits per heavy atom. The first-order valence-electron chi connectivity index (χ1n) is 4.05. The normalized spacial score (nSPS) is 21.2. The van der Waals surface area contributed by atoms with E-state index in [1.807, 2.05) is 0 Å². The number of hydrogen-bond donors (Lipinski definition) is 1. The fraction of sp³-hybridized carbons (Fsp3) is 0.375. The number of cyclic esters (lactones) is 1. The fourth-order valence-electron chi connectivity index (χ4n) is 1.18. The number of hydrogen-bond acceptors (Lipinski definition) is 5. The number of nitrogens with one attached hydrogen (secondary N) is 1. The Kier molecular flexibility index (Phi) is 2.08. The maximum absolute atomic E-state index is 11.0. The van der Waals surface area contributed by atoms with E-state index in [1.54, 1.807) is 18.6 Å². The van der Waals surface area contributed by atoms with Gasteiger partial charge in [0.05, 0.1) is 12.8 Å². The summed E-state index contributed by atoms with van der Waals surface area (Å²) >= 11 is 0. The van der Waals surface area contributed by atoms with Gasteiger partial charge in [-0.3, -0.25) is 4.98 Å². The number of anilines is 1. The molecule has 1 aliphatic heterocycles. The summed E-state index contributed by atoms with van der Waals surface area (Å²) in [6.07, 6.45) is 5.42. The van der Waals surface area contributed by atoms with Crippen LogP contribution in [0.25, 0.3) is 0 Å². The van der Waals surface area contributed by atoms with Gasteiger partial charge in [-0.25, -0.2) is 9.78 Å². The molecule has 1 unspecified atom stereocenters. The molecule has 5 heteroatoms. The molecule has 2 heterocycles. The van der Waals surface area contributed by atoms with Crippen LogP contribution in [-0.2, 0) is 9.53 Å². The van der Waals surface area contributed by atoms with Crippen molar-refractivity contribution in [1.82, 2.24) is 9.97 Å². The van der Waals surface area contributed by atoms with Gasteiger partial charge in [0.15, 0.2) is 0 Å². The van der Waals surface area contributed by atoms with Gasteiger partial charge in [-0.15, -0.1) is 0 Å². The van der Waals surface area contributed by atoms with Crippen molar-refractivity contribution < 1.29 is 9.53 Å². The smallest absolute Gasteiger partial charge is 0.328 e. The van der Waals surface area contributed by atoms with E-state index in [0.29, 0.717) is 18.8 Å². The first-order chi connectivity index (χ1) is 6.36. The van der Waals surface area contributed by atoms with Crippen molar-refractivity contribution in [3.05, 3.63) is 18.6 Å². The van der Waals surface area contributed by atoms with Gasteiger partial charge in [0.25, 0.3) is 0 Å². The summed E-state index contributed by atoms with van der Waals surface area (Å²) < 4.78 is 4.79. The molecule has 0 saturated carbocycles. The van der Waals surface area contributed by atoms with Gasteiger partial charge in [0, 0.05) is 18.8 Å². The highest BCUT2D eigenvalue weighted by atomic mass is 16.5. The molecule has 0 aromatic carbocycles. The van der Waals surface area contributed by atoms with Crippen LogP contribution in [0.15, 0.2) is 18.6 Å². The second-order valence-corrected chi connectivity index (χ2v) is 2.74. The Morgan fingerprint density at radius 3 is 3.08 bits per heavy atom. The highest BCUT2D eigenvalue weighted by Crippen LogP contribution is 2.11. The predicted molar refractivity (Wildman–Crippen MR) is 45.0 cm³/mol. The second kappa shape index (κ2) is 3.38. The van der Waals surface area contributed by atoms with Gasteiger partial charge in [0.1, 0.15) is 11.9 Å². The molecule has 13 heavy (non-hydrogen) atoms. The quantitative estimate of drug-likeness (QED) is 0.657. The lowest BCUT2D eigenvalue weighted by Gasteiger charge is -2.07. The molecule has 1 aromatic rings. The summed E-state index contributed by atoms with van der Waals surface area (Å²) in [5.74, 6) is 0.386. The topological polar surface area (TPSA) is 64.1 Å². The van der Waals surface area contributed by atoms with E-state index < -0.39 is 0 Å². The van der Waals surface area contributed by atoms with Crippen molar-refractivity contribution in [3.8, 4) is 0 Å². The molecular formula is C8H9N3O2. The third kappa shape index (κ3) is 1.74. The summed E-state index contributed by atoms with van der Waals surface area (Å²) in [5.41, 5.74) is 0. The molecule has 1 atom stereocenters. The minimum absolute atomic E-state index is 0.217. The SMILES string of the molecule is O=C1OCCC1Nc1cnccn1. The predicted octanol–water partition coefficient (Wildman–Crippen LogP) is 0.204. The molecule has 1 fully saturated rings. The van der Waals surface area contributed by atoms with Crippen molar-refractivity contribution in [2.24, 2.45) is 0 Å². The molecule has 68 valence electrons. The lowest BCUT2D eigenvalue weighted by molar-refractivity contribution is -0.138. The van der Waals surface area contributed by atoms with Gasteiger partial charge < -0.3 is 10.1 Å². The van der Waals surface area contributed by atoms with E-state index in [1.165, 1.54) is 0 Å². The molecule has 1 saturated heterocycles. The summed E-state index contributed by atoms with van der Waals surface area (Å²) in [7, 11) is 0. The average molecular weight is 179 g/mol. The molecule has 1 aliphatic rings. The van der Waals surface area contributed by atoms with E-state index in [9.17, 15) is 4.79 Å². The number of ether oxygens (including phenoxy) is 1. The minimum atomic E-state index is -0.267.